The molecular weight excluding hydrogens is 288 g/mol. The van der Waals surface area contributed by atoms with Crippen LogP contribution in [0.4, 0.5) is 5.69 Å². The van der Waals surface area contributed by atoms with Crippen molar-refractivity contribution in [3.05, 3.63) is 84.6 Å². The van der Waals surface area contributed by atoms with E-state index < -0.39 is 0 Å². The average molecular weight is 304 g/mol. The van der Waals surface area contributed by atoms with Crippen molar-refractivity contribution in [2.75, 3.05) is 11.7 Å². The number of aromatic nitrogens is 1. The molecule has 3 aromatic rings. The molecule has 1 aliphatic heterocycles. The fourth-order valence-electron chi connectivity index (χ4n) is 2.74. The lowest BCUT2D eigenvalue weighted by Gasteiger charge is -2.25. The van der Waals surface area contributed by atoms with Gasteiger partial charge in [0.05, 0.1) is 17.7 Å². The van der Waals surface area contributed by atoms with Gasteiger partial charge < -0.3 is 14.4 Å². The van der Waals surface area contributed by atoms with Crippen molar-refractivity contribution in [1.82, 2.24) is 4.98 Å². The van der Waals surface area contributed by atoms with E-state index in [4.69, 9.17) is 9.47 Å². The van der Waals surface area contributed by atoms with Gasteiger partial charge in [0.1, 0.15) is 6.26 Å². The van der Waals surface area contributed by atoms with E-state index in [2.05, 4.69) is 28.1 Å². The molecule has 0 unspecified atom stereocenters. The van der Waals surface area contributed by atoms with Gasteiger partial charge in [0.15, 0.2) is 0 Å². The van der Waals surface area contributed by atoms with Crippen molar-refractivity contribution in [2.45, 2.75) is 6.54 Å². The van der Waals surface area contributed by atoms with Gasteiger partial charge in [-0.1, -0.05) is 48.5 Å². The highest BCUT2D eigenvalue weighted by molar-refractivity contribution is 5.92. The zero-order valence-electron chi connectivity index (χ0n) is 12.6. The Hall–Kier alpha value is -3.01. The Morgan fingerprint density at radius 2 is 1.78 bits per heavy atom. The van der Waals surface area contributed by atoms with E-state index in [-0.39, 0.29) is 6.79 Å². The Kier molecular flexibility index (Phi) is 3.56. The van der Waals surface area contributed by atoms with Crippen molar-refractivity contribution >= 4 is 16.6 Å². The molecule has 0 radical (unpaired) electrons. The van der Waals surface area contributed by atoms with Crippen LogP contribution in [0.25, 0.3) is 10.9 Å². The summed E-state index contributed by atoms with van der Waals surface area (Å²) in [7, 11) is 0. The normalized spacial score (nSPS) is 13.3. The molecule has 0 bridgehead atoms. The molecule has 2 heterocycles. The van der Waals surface area contributed by atoms with Crippen molar-refractivity contribution in [3.8, 4) is 0 Å². The van der Waals surface area contributed by atoms with Gasteiger partial charge in [0, 0.05) is 11.6 Å². The maximum absolute atomic E-state index is 5.64. The molecule has 4 rings (SSSR count). The number of fused-ring (bicyclic) bond motifs is 1. The smallest absolute Gasteiger partial charge is 0.233 e. The molecule has 0 saturated carbocycles. The maximum atomic E-state index is 5.64. The molecule has 1 aromatic heterocycles. The highest BCUT2D eigenvalue weighted by atomic mass is 16.7. The third-order valence-corrected chi connectivity index (χ3v) is 3.83. The van der Waals surface area contributed by atoms with Crippen molar-refractivity contribution in [3.63, 3.8) is 0 Å². The van der Waals surface area contributed by atoms with Crippen LogP contribution in [0.2, 0.25) is 0 Å². The third kappa shape index (κ3) is 2.71. The molecule has 1 aliphatic rings. The second-order valence-corrected chi connectivity index (χ2v) is 5.30. The summed E-state index contributed by atoms with van der Waals surface area (Å²) in [4.78, 5) is 6.56. The third-order valence-electron chi connectivity index (χ3n) is 3.83. The molecule has 4 nitrogen and oxygen atoms in total. The Morgan fingerprint density at radius 3 is 2.61 bits per heavy atom. The Balaban J connectivity index is 1.80. The SMILES string of the molecule is C1=C(N(Cc2ccccc2)c2ccnc3ccccc23)OCO1. The van der Waals surface area contributed by atoms with E-state index in [1.54, 1.807) is 6.26 Å². The topological polar surface area (TPSA) is 34.6 Å². The van der Waals surface area contributed by atoms with Crippen molar-refractivity contribution in [1.29, 1.82) is 0 Å². The molecule has 0 spiro atoms. The van der Waals surface area contributed by atoms with Crippen LogP contribution in [0.1, 0.15) is 5.56 Å². The van der Waals surface area contributed by atoms with Crippen LogP contribution in [-0.4, -0.2) is 11.8 Å². The summed E-state index contributed by atoms with van der Waals surface area (Å²) in [6.07, 6.45) is 3.49. The number of para-hydroxylation sites is 1. The lowest BCUT2D eigenvalue weighted by atomic mass is 10.1. The molecule has 4 heteroatoms. The van der Waals surface area contributed by atoms with E-state index in [9.17, 15) is 0 Å². The van der Waals surface area contributed by atoms with Crippen molar-refractivity contribution < 1.29 is 9.47 Å². The van der Waals surface area contributed by atoms with Crippen LogP contribution >= 0.6 is 0 Å². The number of nitrogens with zero attached hydrogens (tertiary/aromatic N) is 2. The first-order valence-corrected chi connectivity index (χ1v) is 7.51. The summed E-state index contributed by atoms with van der Waals surface area (Å²) in [5.41, 5.74) is 3.21. The minimum absolute atomic E-state index is 0.254. The van der Waals surface area contributed by atoms with Gasteiger partial charge in [0.2, 0.25) is 12.7 Å². The van der Waals surface area contributed by atoms with E-state index >= 15 is 0 Å². The fourth-order valence-corrected chi connectivity index (χ4v) is 2.74. The molecule has 114 valence electrons. The van der Waals surface area contributed by atoms with Gasteiger partial charge in [-0.3, -0.25) is 4.98 Å². The number of hydrogen-bond acceptors (Lipinski definition) is 4. The number of benzene rings is 2. The zero-order chi connectivity index (χ0) is 15.5. The number of anilines is 1. The first-order chi connectivity index (χ1) is 11.4. The van der Waals surface area contributed by atoms with E-state index in [1.807, 2.05) is 48.7 Å². The lowest BCUT2D eigenvalue weighted by Crippen LogP contribution is -2.22. The van der Waals surface area contributed by atoms with Crippen LogP contribution in [0.3, 0.4) is 0 Å². The predicted octanol–water partition coefficient (Wildman–Crippen LogP) is 4.04. The largest absolute Gasteiger partial charge is 0.459 e. The summed E-state index contributed by atoms with van der Waals surface area (Å²) in [6.45, 7) is 0.952. The van der Waals surface area contributed by atoms with Crippen LogP contribution in [-0.2, 0) is 16.0 Å². The summed E-state index contributed by atoms with van der Waals surface area (Å²) < 4.78 is 10.9. The first kappa shape index (κ1) is 13.6. The zero-order valence-corrected chi connectivity index (χ0v) is 12.6. The molecule has 0 atom stereocenters. The molecule has 0 fully saturated rings. The average Bonchev–Trinajstić information content (AvgIpc) is 3.15. The monoisotopic (exact) mass is 304 g/mol. The highest BCUT2D eigenvalue weighted by Gasteiger charge is 2.20. The summed E-state index contributed by atoms with van der Waals surface area (Å²) in [5.74, 6) is 0.713. The molecule has 0 aliphatic carbocycles. The van der Waals surface area contributed by atoms with E-state index in [0.717, 1.165) is 16.6 Å². The second kappa shape index (κ2) is 6.01. The maximum Gasteiger partial charge on any atom is 0.233 e. The Morgan fingerprint density at radius 1 is 0.957 bits per heavy atom. The molecular formula is C19H16N2O2. The minimum Gasteiger partial charge on any atom is -0.459 e. The highest BCUT2D eigenvalue weighted by Crippen LogP contribution is 2.31. The van der Waals surface area contributed by atoms with Gasteiger partial charge in [-0.15, -0.1) is 0 Å². The fraction of sp³-hybridized carbons (Fsp3) is 0.105. The molecule has 2 aromatic carbocycles. The number of rotatable bonds is 4. The van der Waals surface area contributed by atoms with E-state index in [0.29, 0.717) is 12.4 Å². The van der Waals surface area contributed by atoms with Crippen molar-refractivity contribution in [2.24, 2.45) is 0 Å². The predicted molar refractivity (Wildman–Crippen MR) is 89.5 cm³/mol. The number of hydrogen-bond donors (Lipinski definition) is 0. The van der Waals surface area contributed by atoms with Crippen LogP contribution < -0.4 is 4.90 Å². The Labute approximate surface area is 134 Å². The first-order valence-electron chi connectivity index (χ1n) is 7.51. The quantitative estimate of drug-likeness (QED) is 0.728. The van der Waals surface area contributed by atoms with Crippen LogP contribution in [0.5, 0.6) is 0 Å². The Bertz CT molecular complexity index is 841. The summed E-state index contributed by atoms with van der Waals surface area (Å²) >= 11 is 0. The summed E-state index contributed by atoms with van der Waals surface area (Å²) in [6, 6.07) is 20.4. The minimum atomic E-state index is 0.254. The van der Waals surface area contributed by atoms with Gasteiger partial charge >= 0.3 is 0 Å². The standard InChI is InChI=1S/C19H16N2O2/c1-2-6-15(7-3-1)12-21(19-13-22-14-23-19)18-10-11-20-17-9-5-4-8-16(17)18/h1-11,13H,12,14H2. The molecule has 0 N–H and O–H groups in total. The number of ether oxygens (including phenoxy) is 2. The van der Waals surface area contributed by atoms with Gasteiger partial charge in [-0.25, -0.2) is 0 Å². The van der Waals surface area contributed by atoms with Crippen LogP contribution in [0.15, 0.2) is 79.0 Å². The van der Waals surface area contributed by atoms with Gasteiger partial charge in [-0.05, 0) is 17.7 Å². The van der Waals surface area contributed by atoms with Gasteiger partial charge in [0.25, 0.3) is 0 Å². The van der Waals surface area contributed by atoms with E-state index in [1.165, 1.54) is 5.56 Å². The molecule has 0 amide bonds. The summed E-state index contributed by atoms with van der Waals surface area (Å²) in [5, 5.41) is 1.09. The molecule has 23 heavy (non-hydrogen) atoms. The molecule has 0 saturated heterocycles. The van der Waals surface area contributed by atoms with Gasteiger partial charge in [-0.2, -0.15) is 0 Å². The second-order valence-electron chi connectivity index (χ2n) is 5.30. The lowest BCUT2D eigenvalue weighted by molar-refractivity contribution is 0.0783. The van der Waals surface area contributed by atoms with Crippen LogP contribution in [0, 0.1) is 0 Å². The number of pyridine rings is 1.